The van der Waals surface area contributed by atoms with Crippen LogP contribution in [-0.2, 0) is 4.79 Å². The summed E-state index contributed by atoms with van der Waals surface area (Å²) in [5.74, 6) is 0.543. The molecule has 0 fully saturated rings. The van der Waals surface area contributed by atoms with Crippen LogP contribution in [0.4, 0.5) is 5.69 Å². The molecule has 0 saturated carbocycles. The predicted octanol–water partition coefficient (Wildman–Crippen LogP) is 7.25. The minimum atomic E-state index is -1.17. The first-order valence-electron chi connectivity index (χ1n) is 9.33. The lowest BCUT2D eigenvalue weighted by molar-refractivity contribution is -0.128. The Hall–Kier alpha value is -2.73. The molecule has 3 aromatic carbocycles. The average Bonchev–Trinajstić information content (AvgIpc) is 3.14. The van der Waals surface area contributed by atoms with Crippen LogP contribution in [0.15, 0.2) is 65.1 Å². The van der Waals surface area contributed by atoms with Gasteiger partial charge in [0, 0.05) is 15.6 Å². The molecular weight excluding hydrogens is 459 g/mol. The topological polar surface area (TPSA) is 64.4 Å². The molecule has 0 spiro atoms. The van der Waals surface area contributed by atoms with E-state index in [-0.39, 0.29) is 5.91 Å². The summed E-state index contributed by atoms with van der Waals surface area (Å²) >= 11 is 18.2. The van der Waals surface area contributed by atoms with Crippen LogP contribution in [0, 0.1) is 0 Å². The minimum Gasteiger partial charge on any atom is -0.478 e. The van der Waals surface area contributed by atoms with Crippen molar-refractivity contribution < 1.29 is 13.9 Å². The molecule has 31 heavy (non-hydrogen) atoms. The molecule has 8 heteroatoms. The second kappa shape index (κ2) is 8.42. The van der Waals surface area contributed by atoms with E-state index in [0.717, 1.165) is 0 Å². The first-order chi connectivity index (χ1) is 14.7. The number of amides is 1. The summed E-state index contributed by atoms with van der Waals surface area (Å²) < 4.78 is 11.6. The number of nitrogens with zero attached hydrogens (tertiary/aromatic N) is 1. The summed E-state index contributed by atoms with van der Waals surface area (Å²) in [6.07, 6.45) is 0. The molecule has 0 aliphatic heterocycles. The number of carbonyl (C=O) groups excluding carboxylic acids is 1. The molecule has 0 aliphatic carbocycles. The minimum absolute atomic E-state index is 0.370. The second-order valence-corrected chi connectivity index (χ2v) is 8.63. The van der Waals surface area contributed by atoms with Gasteiger partial charge in [0.1, 0.15) is 11.3 Å². The molecule has 0 radical (unpaired) electrons. The molecule has 0 unspecified atom stereocenters. The molecular formula is C23H17Cl3N2O3. The molecule has 1 N–H and O–H groups in total. The first kappa shape index (κ1) is 21.5. The SMILES string of the molecule is CC(C)(Oc1ccc(Cl)cc1)C(=O)Nc1cc(-c2nc3cc(Cl)ccc3o2)ccc1Cl. The standard InChI is InChI=1S/C23H17Cl3N2O3/c1-23(2,31-16-7-4-14(24)5-8-16)22(29)28-18-11-13(3-9-17(18)26)21-27-19-12-15(25)6-10-20(19)30-21/h3-12H,1-2H3,(H,28,29). The molecule has 0 saturated heterocycles. The van der Waals surface area contributed by atoms with Gasteiger partial charge in [-0.25, -0.2) is 4.98 Å². The smallest absolute Gasteiger partial charge is 0.268 e. The van der Waals surface area contributed by atoms with Crippen molar-refractivity contribution in [3.05, 3.63) is 75.7 Å². The van der Waals surface area contributed by atoms with E-state index < -0.39 is 5.60 Å². The maximum absolute atomic E-state index is 12.9. The van der Waals surface area contributed by atoms with E-state index in [1.807, 2.05) is 0 Å². The fourth-order valence-corrected chi connectivity index (χ4v) is 3.35. The van der Waals surface area contributed by atoms with Gasteiger partial charge in [-0.2, -0.15) is 0 Å². The Kier molecular flexibility index (Phi) is 5.84. The van der Waals surface area contributed by atoms with Gasteiger partial charge in [0.2, 0.25) is 5.89 Å². The summed E-state index contributed by atoms with van der Waals surface area (Å²) in [6, 6.07) is 17.1. The maximum Gasteiger partial charge on any atom is 0.268 e. The fraction of sp³-hybridized carbons (Fsp3) is 0.130. The number of benzene rings is 3. The third-order valence-corrected chi connectivity index (χ3v) is 5.36. The molecule has 4 aromatic rings. The van der Waals surface area contributed by atoms with Gasteiger partial charge in [0.15, 0.2) is 11.2 Å². The van der Waals surface area contributed by atoms with Crippen LogP contribution in [0.5, 0.6) is 5.75 Å². The summed E-state index contributed by atoms with van der Waals surface area (Å²) in [7, 11) is 0. The Bertz CT molecular complexity index is 1270. The van der Waals surface area contributed by atoms with Gasteiger partial charge in [-0.05, 0) is 74.5 Å². The lowest BCUT2D eigenvalue weighted by Gasteiger charge is -2.25. The maximum atomic E-state index is 12.9. The normalized spacial score (nSPS) is 11.5. The zero-order valence-corrected chi connectivity index (χ0v) is 18.8. The highest BCUT2D eigenvalue weighted by atomic mass is 35.5. The Labute approximate surface area is 193 Å². The lowest BCUT2D eigenvalue weighted by atomic mass is 10.1. The number of nitrogens with one attached hydrogen (secondary N) is 1. The third kappa shape index (κ3) is 4.79. The molecule has 1 aromatic heterocycles. The number of fused-ring (bicyclic) bond motifs is 1. The van der Waals surface area contributed by atoms with E-state index in [4.69, 9.17) is 44.0 Å². The van der Waals surface area contributed by atoms with E-state index >= 15 is 0 Å². The molecule has 4 rings (SSSR count). The monoisotopic (exact) mass is 474 g/mol. The third-order valence-electron chi connectivity index (χ3n) is 4.54. The number of carbonyl (C=O) groups is 1. The Morgan fingerprint density at radius 1 is 0.968 bits per heavy atom. The number of oxazole rings is 1. The molecule has 0 atom stereocenters. The van der Waals surface area contributed by atoms with Crippen molar-refractivity contribution in [2.45, 2.75) is 19.4 Å². The summed E-state index contributed by atoms with van der Waals surface area (Å²) in [6.45, 7) is 3.33. The van der Waals surface area contributed by atoms with Crippen LogP contribution in [0.1, 0.15) is 13.8 Å². The van der Waals surface area contributed by atoms with E-state index in [1.54, 1.807) is 74.5 Å². The van der Waals surface area contributed by atoms with Crippen molar-refractivity contribution in [3.63, 3.8) is 0 Å². The molecule has 158 valence electrons. The zero-order chi connectivity index (χ0) is 22.2. The molecule has 1 amide bonds. The number of hydrogen-bond acceptors (Lipinski definition) is 4. The number of rotatable bonds is 5. The van der Waals surface area contributed by atoms with E-state index in [0.29, 0.717) is 49.1 Å². The summed E-state index contributed by atoms with van der Waals surface area (Å²) in [5.41, 5.74) is 1.15. The number of hydrogen-bond donors (Lipinski definition) is 1. The quantitative estimate of drug-likeness (QED) is 0.330. The van der Waals surface area contributed by atoms with Crippen molar-refractivity contribution >= 4 is 57.5 Å². The van der Waals surface area contributed by atoms with Gasteiger partial charge in [0.05, 0.1) is 10.7 Å². The largest absolute Gasteiger partial charge is 0.478 e. The van der Waals surface area contributed by atoms with Crippen molar-refractivity contribution in [3.8, 4) is 17.2 Å². The van der Waals surface area contributed by atoms with Crippen molar-refractivity contribution in [2.75, 3.05) is 5.32 Å². The zero-order valence-electron chi connectivity index (χ0n) is 16.6. The summed E-state index contributed by atoms with van der Waals surface area (Å²) in [5, 5.41) is 4.35. The highest BCUT2D eigenvalue weighted by Gasteiger charge is 2.30. The molecule has 0 aliphatic rings. The number of halogens is 3. The van der Waals surface area contributed by atoms with Gasteiger partial charge >= 0.3 is 0 Å². The Morgan fingerprint density at radius 2 is 1.68 bits per heavy atom. The van der Waals surface area contributed by atoms with Gasteiger partial charge in [-0.1, -0.05) is 34.8 Å². The van der Waals surface area contributed by atoms with Crippen LogP contribution in [0.2, 0.25) is 15.1 Å². The second-order valence-electron chi connectivity index (χ2n) is 7.35. The van der Waals surface area contributed by atoms with Crippen LogP contribution >= 0.6 is 34.8 Å². The highest BCUT2D eigenvalue weighted by molar-refractivity contribution is 6.34. The van der Waals surface area contributed by atoms with Gasteiger partial charge in [-0.15, -0.1) is 0 Å². The van der Waals surface area contributed by atoms with Crippen molar-refractivity contribution in [1.29, 1.82) is 0 Å². The van der Waals surface area contributed by atoms with Gasteiger partial charge < -0.3 is 14.5 Å². The van der Waals surface area contributed by atoms with Gasteiger partial charge in [0.25, 0.3) is 5.91 Å². The highest BCUT2D eigenvalue weighted by Crippen LogP contribution is 2.32. The fourth-order valence-electron chi connectivity index (χ4n) is 2.89. The van der Waals surface area contributed by atoms with Crippen LogP contribution in [0.3, 0.4) is 0 Å². The van der Waals surface area contributed by atoms with Crippen LogP contribution < -0.4 is 10.1 Å². The van der Waals surface area contributed by atoms with Crippen molar-refractivity contribution in [2.24, 2.45) is 0 Å². The first-order valence-corrected chi connectivity index (χ1v) is 10.5. The van der Waals surface area contributed by atoms with Crippen LogP contribution in [-0.4, -0.2) is 16.5 Å². The molecule has 0 bridgehead atoms. The Balaban J connectivity index is 1.57. The number of aromatic nitrogens is 1. The van der Waals surface area contributed by atoms with E-state index in [2.05, 4.69) is 10.3 Å². The van der Waals surface area contributed by atoms with E-state index in [1.165, 1.54) is 0 Å². The molecule has 5 nitrogen and oxygen atoms in total. The van der Waals surface area contributed by atoms with Crippen molar-refractivity contribution in [1.82, 2.24) is 4.98 Å². The van der Waals surface area contributed by atoms with Gasteiger partial charge in [-0.3, -0.25) is 4.79 Å². The van der Waals surface area contributed by atoms with E-state index in [9.17, 15) is 4.79 Å². The predicted molar refractivity (Wildman–Crippen MR) is 124 cm³/mol. The lowest BCUT2D eigenvalue weighted by Crippen LogP contribution is -2.42. The summed E-state index contributed by atoms with van der Waals surface area (Å²) in [4.78, 5) is 17.4. The molecule has 1 heterocycles. The van der Waals surface area contributed by atoms with Crippen LogP contribution in [0.25, 0.3) is 22.6 Å². The average molecular weight is 476 g/mol. The number of anilines is 1. The Morgan fingerprint density at radius 3 is 2.42 bits per heavy atom. The number of ether oxygens (including phenoxy) is 1.